The predicted octanol–water partition coefficient (Wildman–Crippen LogP) is 2.60. The van der Waals surface area contributed by atoms with Gasteiger partial charge in [-0.05, 0) is 38.2 Å². The maximum atomic E-state index is 12.0. The van der Waals surface area contributed by atoms with Crippen LogP contribution in [0.3, 0.4) is 0 Å². The van der Waals surface area contributed by atoms with E-state index in [0.717, 1.165) is 48.9 Å². The SMILES string of the molecule is CCN(CC)CCCNC(=O)Cc1csc(-c2cccnc2)n1. The smallest absolute Gasteiger partial charge is 0.226 e. The highest BCUT2D eigenvalue weighted by atomic mass is 32.1. The minimum Gasteiger partial charge on any atom is -0.356 e. The van der Waals surface area contributed by atoms with Crippen molar-refractivity contribution in [1.29, 1.82) is 0 Å². The molecule has 124 valence electrons. The van der Waals surface area contributed by atoms with Crippen molar-refractivity contribution >= 4 is 17.2 Å². The summed E-state index contributed by atoms with van der Waals surface area (Å²) in [5.74, 6) is 0.0348. The number of thiazole rings is 1. The number of nitrogens with zero attached hydrogens (tertiary/aromatic N) is 3. The van der Waals surface area contributed by atoms with Crippen LogP contribution >= 0.6 is 11.3 Å². The molecule has 2 aromatic heterocycles. The fraction of sp³-hybridized carbons (Fsp3) is 0.471. The number of hydrogen-bond acceptors (Lipinski definition) is 5. The summed E-state index contributed by atoms with van der Waals surface area (Å²) < 4.78 is 0. The zero-order valence-electron chi connectivity index (χ0n) is 13.8. The molecular formula is C17H24N4OS. The molecule has 0 radical (unpaired) electrons. The number of aromatic nitrogens is 2. The quantitative estimate of drug-likeness (QED) is 0.717. The third kappa shape index (κ3) is 5.73. The molecular weight excluding hydrogens is 308 g/mol. The van der Waals surface area contributed by atoms with Gasteiger partial charge in [0.2, 0.25) is 5.91 Å². The summed E-state index contributed by atoms with van der Waals surface area (Å²) in [6.07, 6.45) is 4.84. The van der Waals surface area contributed by atoms with Crippen LogP contribution in [0, 0.1) is 0 Å². The average Bonchev–Trinajstić information content (AvgIpc) is 3.04. The Hall–Kier alpha value is -1.79. The van der Waals surface area contributed by atoms with Crippen molar-refractivity contribution in [3.63, 3.8) is 0 Å². The molecule has 0 fully saturated rings. The van der Waals surface area contributed by atoms with E-state index in [1.807, 2.05) is 17.5 Å². The summed E-state index contributed by atoms with van der Waals surface area (Å²) in [5.41, 5.74) is 1.80. The molecule has 2 rings (SSSR count). The molecule has 2 heterocycles. The van der Waals surface area contributed by atoms with Crippen LogP contribution in [0.25, 0.3) is 10.6 Å². The normalized spacial score (nSPS) is 10.9. The van der Waals surface area contributed by atoms with Crippen molar-refractivity contribution in [1.82, 2.24) is 20.2 Å². The van der Waals surface area contributed by atoms with E-state index >= 15 is 0 Å². The molecule has 1 N–H and O–H groups in total. The first-order valence-electron chi connectivity index (χ1n) is 8.06. The summed E-state index contributed by atoms with van der Waals surface area (Å²) in [7, 11) is 0. The van der Waals surface area contributed by atoms with Gasteiger partial charge < -0.3 is 10.2 Å². The maximum Gasteiger partial charge on any atom is 0.226 e. The highest BCUT2D eigenvalue weighted by molar-refractivity contribution is 7.13. The topological polar surface area (TPSA) is 58.1 Å². The number of rotatable bonds is 9. The summed E-state index contributed by atoms with van der Waals surface area (Å²) in [5, 5.41) is 5.82. The first kappa shape index (κ1) is 17.6. The standard InChI is InChI=1S/C17H24N4OS/c1-3-21(4-2)10-6-9-19-16(22)11-15-13-23-17(20-15)14-7-5-8-18-12-14/h5,7-8,12-13H,3-4,6,9-11H2,1-2H3,(H,19,22). The van der Waals surface area contributed by atoms with E-state index in [4.69, 9.17) is 0 Å². The van der Waals surface area contributed by atoms with Gasteiger partial charge in [-0.3, -0.25) is 9.78 Å². The lowest BCUT2D eigenvalue weighted by molar-refractivity contribution is -0.120. The molecule has 6 heteroatoms. The Balaban J connectivity index is 1.75. The lowest BCUT2D eigenvalue weighted by Crippen LogP contribution is -2.30. The predicted molar refractivity (Wildman–Crippen MR) is 94.5 cm³/mol. The van der Waals surface area contributed by atoms with Crippen LogP contribution in [0.4, 0.5) is 0 Å². The van der Waals surface area contributed by atoms with Gasteiger partial charge in [-0.25, -0.2) is 4.98 Å². The molecule has 0 saturated carbocycles. The molecule has 0 unspecified atom stereocenters. The highest BCUT2D eigenvalue weighted by Gasteiger charge is 2.09. The second-order valence-corrected chi connectivity index (χ2v) is 6.15. The van der Waals surface area contributed by atoms with Crippen LogP contribution in [0.2, 0.25) is 0 Å². The molecule has 0 aliphatic rings. The summed E-state index contributed by atoms with van der Waals surface area (Å²) in [6, 6.07) is 3.86. The maximum absolute atomic E-state index is 12.0. The number of pyridine rings is 1. The lowest BCUT2D eigenvalue weighted by Gasteiger charge is -2.17. The Morgan fingerprint density at radius 1 is 1.35 bits per heavy atom. The van der Waals surface area contributed by atoms with Crippen molar-refractivity contribution in [2.75, 3.05) is 26.2 Å². The van der Waals surface area contributed by atoms with Crippen molar-refractivity contribution in [2.24, 2.45) is 0 Å². The molecule has 5 nitrogen and oxygen atoms in total. The molecule has 0 saturated heterocycles. The van der Waals surface area contributed by atoms with Gasteiger partial charge in [0.15, 0.2) is 0 Å². The second kappa shape index (κ2) is 9.37. The van der Waals surface area contributed by atoms with Gasteiger partial charge in [0.05, 0.1) is 12.1 Å². The first-order valence-corrected chi connectivity index (χ1v) is 8.94. The van der Waals surface area contributed by atoms with Crippen LogP contribution in [-0.4, -0.2) is 47.0 Å². The van der Waals surface area contributed by atoms with Gasteiger partial charge in [-0.1, -0.05) is 13.8 Å². The zero-order chi connectivity index (χ0) is 16.5. The van der Waals surface area contributed by atoms with E-state index in [-0.39, 0.29) is 5.91 Å². The number of carbonyl (C=O) groups is 1. The van der Waals surface area contributed by atoms with Gasteiger partial charge in [-0.2, -0.15) is 0 Å². The van der Waals surface area contributed by atoms with Gasteiger partial charge in [-0.15, -0.1) is 11.3 Å². The number of carbonyl (C=O) groups excluding carboxylic acids is 1. The summed E-state index contributed by atoms with van der Waals surface area (Å²) >= 11 is 1.55. The van der Waals surface area contributed by atoms with Gasteiger partial charge >= 0.3 is 0 Å². The van der Waals surface area contributed by atoms with Crippen molar-refractivity contribution in [3.8, 4) is 10.6 Å². The van der Waals surface area contributed by atoms with Gasteiger partial charge in [0.25, 0.3) is 0 Å². The monoisotopic (exact) mass is 332 g/mol. The van der Waals surface area contributed by atoms with Crippen molar-refractivity contribution in [2.45, 2.75) is 26.7 Å². The molecule has 1 amide bonds. The van der Waals surface area contributed by atoms with E-state index in [2.05, 4.69) is 34.0 Å². The molecule has 0 aromatic carbocycles. The molecule has 2 aromatic rings. The zero-order valence-corrected chi connectivity index (χ0v) is 14.6. The number of amides is 1. The third-order valence-electron chi connectivity index (χ3n) is 3.67. The summed E-state index contributed by atoms with van der Waals surface area (Å²) in [6.45, 7) is 8.17. The lowest BCUT2D eigenvalue weighted by atomic mass is 10.3. The van der Waals surface area contributed by atoms with E-state index in [1.165, 1.54) is 0 Å². The third-order valence-corrected chi connectivity index (χ3v) is 4.61. The Morgan fingerprint density at radius 2 is 2.17 bits per heavy atom. The minimum atomic E-state index is 0.0348. The molecule has 0 atom stereocenters. The van der Waals surface area contributed by atoms with Crippen molar-refractivity contribution in [3.05, 3.63) is 35.6 Å². The van der Waals surface area contributed by atoms with E-state index in [9.17, 15) is 4.79 Å². The largest absolute Gasteiger partial charge is 0.356 e. The number of hydrogen-bond donors (Lipinski definition) is 1. The van der Waals surface area contributed by atoms with Gasteiger partial charge in [0, 0.05) is 29.9 Å². The fourth-order valence-corrected chi connectivity index (χ4v) is 3.12. The molecule has 0 aliphatic carbocycles. The van der Waals surface area contributed by atoms with Crippen LogP contribution in [0.5, 0.6) is 0 Å². The summed E-state index contributed by atoms with van der Waals surface area (Å²) in [4.78, 5) is 22.9. The van der Waals surface area contributed by atoms with Crippen molar-refractivity contribution < 1.29 is 4.79 Å². The first-order chi connectivity index (χ1) is 11.2. The number of nitrogens with one attached hydrogen (secondary N) is 1. The Morgan fingerprint density at radius 3 is 2.87 bits per heavy atom. The molecule has 23 heavy (non-hydrogen) atoms. The Kier molecular flexibility index (Phi) is 7.16. The Labute approximate surface area is 141 Å². The van der Waals surface area contributed by atoms with E-state index < -0.39 is 0 Å². The molecule has 0 aliphatic heterocycles. The molecule has 0 bridgehead atoms. The second-order valence-electron chi connectivity index (χ2n) is 5.29. The van der Waals surface area contributed by atoms with Crippen LogP contribution in [-0.2, 0) is 11.2 Å². The Bertz CT molecular complexity index is 596. The van der Waals surface area contributed by atoms with E-state index in [1.54, 1.807) is 23.7 Å². The van der Waals surface area contributed by atoms with Crippen LogP contribution < -0.4 is 5.32 Å². The molecule has 0 spiro atoms. The highest BCUT2D eigenvalue weighted by Crippen LogP contribution is 2.22. The average molecular weight is 332 g/mol. The van der Waals surface area contributed by atoms with Crippen LogP contribution in [0.15, 0.2) is 29.9 Å². The van der Waals surface area contributed by atoms with Crippen LogP contribution in [0.1, 0.15) is 26.0 Å². The van der Waals surface area contributed by atoms with E-state index in [0.29, 0.717) is 6.42 Å². The minimum absolute atomic E-state index is 0.0348. The van der Waals surface area contributed by atoms with Gasteiger partial charge in [0.1, 0.15) is 5.01 Å². The fourth-order valence-electron chi connectivity index (χ4n) is 2.31.